The molecular weight excluding hydrogens is 195 g/mol. The minimum Gasteiger partial charge on any atom is -0.226 e. The zero-order chi connectivity index (χ0) is 7.61. The van der Waals surface area contributed by atoms with Crippen LogP contribution in [0, 0.1) is 0 Å². The second-order valence-corrected chi connectivity index (χ2v) is 3.74. The molecule has 0 fully saturated rings. The van der Waals surface area contributed by atoms with Gasteiger partial charge in [0, 0.05) is 0 Å². The van der Waals surface area contributed by atoms with E-state index in [0.29, 0.717) is 5.56 Å². The Bertz CT molecular complexity index is 200. The molecule has 0 heterocycles. The van der Waals surface area contributed by atoms with E-state index in [1.54, 1.807) is 12.1 Å². The lowest BCUT2D eigenvalue weighted by Crippen LogP contribution is -2.02. The van der Waals surface area contributed by atoms with Crippen molar-refractivity contribution in [1.82, 2.24) is 0 Å². The molecule has 1 rings (SSSR count). The van der Waals surface area contributed by atoms with Crippen molar-refractivity contribution in [3.63, 3.8) is 0 Å². The van der Waals surface area contributed by atoms with Crippen LogP contribution < -0.4 is 0 Å². The second-order valence-electron chi connectivity index (χ2n) is 2.25. The van der Waals surface area contributed by atoms with E-state index in [-0.39, 0.29) is 0 Å². The van der Waals surface area contributed by atoms with Crippen molar-refractivity contribution < 1.29 is 4.39 Å². The van der Waals surface area contributed by atoms with Gasteiger partial charge in [0.2, 0.25) is 0 Å². The smallest absolute Gasteiger partial charge is 0.187 e. The van der Waals surface area contributed by atoms with Gasteiger partial charge in [-0.3, -0.25) is 0 Å². The summed E-state index contributed by atoms with van der Waals surface area (Å²) in [6.07, 6.45) is 0. The van der Waals surface area contributed by atoms with Crippen LogP contribution in [0.15, 0.2) is 30.3 Å². The van der Waals surface area contributed by atoms with Gasteiger partial charge in [-0.05, 0) is 28.4 Å². The third-order valence-electron chi connectivity index (χ3n) is 1.28. The Morgan fingerprint density at radius 2 is 1.80 bits per heavy atom. The Morgan fingerprint density at radius 1 is 1.30 bits per heavy atom. The number of hydrogen-bond acceptors (Lipinski definition) is 0. The first-order valence-electron chi connectivity index (χ1n) is 3.04. The second kappa shape index (κ2) is 2.70. The van der Waals surface area contributed by atoms with Gasteiger partial charge in [0.1, 0.15) is 0 Å². The predicted molar refractivity (Wildman–Crippen MR) is 43.8 cm³/mol. The van der Waals surface area contributed by atoms with Crippen LogP contribution in [0.3, 0.4) is 0 Å². The number of benzene rings is 1. The first kappa shape index (κ1) is 7.73. The molecule has 0 aliphatic rings. The summed E-state index contributed by atoms with van der Waals surface area (Å²) in [5, 5.41) is 0. The molecule has 10 heavy (non-hydrogen) atoms. The molecule has 1 unspecified atom stereocenters. The molecule has 0 radical (unpaired) electrons. The Kier molecular flexibility index (Phi) is 2.09. The van der Waals surface area contributed by atoms with Crippen LogP contribution in [0.25, 0.3) is 0 Å². The number of alkyl halides is 2. The van der Waals surface area contributed by atoms with Crippen LogP contribution in [0.1, 0.15) is 12.5 Å². The minimum atomic E-state index is -1.39. The molecule has 54 valence electrons. The molecule has 1 aromatic carbocycles. The average molecular weight is 203 g/mol. The quantitative estimate of drug-likeness (QED) is 0.614. The van der Waals surface area contributed by atoms with E-state index in [0.717, 1.165) is 0 Å². The van der Waals surface area contributed by atoms with Gasteiger partial charge in [-0.1, -0.05) is 30.3 Å². The zero-order valence-corrected chi connectivity index (χ0v) is 7.23. The normalized spacial score (nSPS) is 16.3. The van der Waals surface area contributed by atoms with Crippen LogP contribution in [-0.4, -0.2) is 0 Å². The van der Waals surface area contributed by atoms with Crippen LogP contribution in [-0.2, 0) is 4.58 Å². The van der Waals surface area contributed by atoms with Crippen molar-refractivity contribution in [3.8, 4) is 0 Å². The van der Waals surface area contributed by atoms with E-state index in [2.05, 4.69) is 15.9 Å². The fraction of sp³-hybridized carbons (Fsp3) is 0.250. The summed E-state index contributed by atoms with van der Waals surface area (Å²) >= 11 is 2.92. The lowest BCUT2D eigenvalue weighted by atomic mass is 10.1. The van der Waals surface area contributed by atoms with Gasteiger partial charge in [-0.15, -0.1) is 0 Å². The van der Waals surface area contributed by atoms with Crippen molar-refractivity contribution >= 4 is 15.9 Å². The molecule has 0 nitrogen and oxygen atoms in total. The molecule has 0 spiro atoms. The summed E-state index contributed by atoms with van der Waals surface area (Å²) < 4.78 is 11.6. The first-order chi connectivity index (χ1) is 4.61. The molecule has 0 saturated carbocycles. The molecule has 1 atom stereocenters. The Labute approximate surface area is 68.2 Å². The van der Waals surface area contributed by atoms with Gasteiger partial charge in [0.25, 0.3) is 0 Å². The van der Waals surface area contributed by atoms with Crippen LogP contribution >= 0.6 is 15.9 Å². The molecule has 0 amide bonds. The van der Waals surface area contributed by atoms with Crippen molar-refractivity contribution in [2.24, 2.45) is 0 Å². The van der Waals surface area contributed by atoms with Gasteiger partial charge in [0.15, 0.2) is 4.58 Å². The fourth-order valence-electron chi connectivity index (χ4n) is 0.731. The molecule has 0 aliphatic carbocycles. The summed E-state index contributed by atoms with van der Waals surface area (Å²) in [5.74, 6) is 0. The average Bonchev–Trinajstić information content (AvgIpc) is 1.88. The summed E-state index contributed by atoms with van der Waals surface area (Å²) in [6.45, 7) is 1.47. The van der Waals surface area contributed by atoms with Crippen molar-refractivity contribution in [1.29, 1.82) is 0 Å². The SMILES string of the molecule is CC(F)(Br)c1ccccc1. The lowest BCUT2D eigenvalue weighted by molar-refractivity contribution is 0.335. The molecule has 0 N–H and O–H groups in total. The maximum Gasteiger partial charge on any atom is 0.187 e. The van der Waals surface area contributed by atoms with E-state index in [1.807, 2.05) is 18.2 Å². The highest BCUT2D eigenvalue weighted by Gasteiger charge is 2.19. The third-order valence-corrected chi connectivity index (χ3v) is 1.74. The number of hydrogen-bond donors (Lipinski definition) is 0. The van der Waals surface area contributed by atoms with E-state index < -0.39 is 4.58 Å². The first-order valence-corrected chi connectivity index (χ1v) is 3.83. The summed E-state index contributed by atoms with van der Waals surface area (Å²) in [4.78, 5) is 0. The molecule has 0 aliphatic heterocycles. The van der Waals surface area contributed by atoms with E-state index >= 15 is 0 Å². The standard InChI is InChI=1S/C8H8BrF/c1-8(9,10)7-5-3-2-4-6-7/h2-6H,1H3. The predicted octanol–water partition coefficient (Wildman–Crippen LogP) is 3.22. The summed E-state index contributed by atoms with van der Waals surface area (Å²) in [7, 11) is 0. The highest BCUT2D eigenvalue weighted by atomic mass is 79.9. The highest BCUT2D eigenvalue weighted by molar-refractivity contribution is 9.09. The van der Waals surface area contributed by atoms with Crippen LogP contribution in [0.5, 0.6) is 0 Å². The Morgan fingerprint density at radius 3 is 2.10 bits per heavy atom. The molecule has 1 aromatic rings. The van der Waals surface area contributed by atoms with Gasteiger partial charge in [0.05, 0.1) is 0 Å². The van der Waals surface area contributed by atoms with Crippen LogP contribution in [0.4, 0.5) is 4.39 Å². The maximum atomic E-state index is 13.0. The van der Waals surface area contributed by atoms with Crippen LogP contribution in [0.2, 0.25) is 0 Å². The van der Waals surface area contributed by atoms with E-state index in [1.165, 1.54) is 6.92 Å². The van der Waals surface area contributed by atoms with Crippen molar-refractivity contribution in [2.45, 2.75) is 11.5 Å². The fourth-order valence-corrected chi connectivity index (χ4v) is 0.995. The van der Waals surface area contributed by atoms with Gasteiger partial charge in [-0.2, -0.15) is 0 Å². The minimum absolute atomic E-state index is 0.648. The molecule has 2 heteroatoms. The van der Waals surface area contributed by atoms with Gasteiger partial charge in [-0.25, -0.2) is 4.39 Å². The van der Waals surface area contributed by atoms with Crippen molar-refractivity contribution in [3.05, 3.63) is 35.9 Å². The van der Waals surface area contributed by atoms with Gasteiger partial charge >= 0.3 is 0 Å². The summed E-state index contributed by atoms with van der Waals surface area (Å²) in [5.41, 5.74) is 0.648. The van der Waals surface area contributed by atoms with Crippen molar-refractivity contribution in [2.75, 3.05) is 0 Å². The lowest BCUT2D eigenvalue weighted by Gasteiger charge is -2.10. The van der Waals surface area contributed by atoms with E-state index in [9.17, 15) is 4.39 Å². The third kappa shape index (κ3) is 1.81. The molecule has 0 saturated heterocycles. The van der Waals surface area contributed by atoms with E-state index in [4.69, 9.17) is 0 Å². The molecular formula is C8H8BrF. The highest BCUT2D eigenvalue weighted by Crippen LogP contribution is 2.31. The summed E-state index contributed by atoms with van der Waals surface area (Å²) in [6, 6.07) is 8.98. The maximum absolute atomic E-state index is 13.0. The topological polar surface area (TPSA) is 0 Å². The monoisotopic (exact) mass is 202 g/mol. The Balaban J connectivity index is 2.97. The zero-order valence-electron chi connectivity index (χ0n) is 5.64. The number of rotatable bonds is 1. The molecule has 0 bridgehead atoms. The largest absolute Gasteiger partial charge is 0.226 e. The van der Waals surface area contributed by atoms with Gasteiger partial charge < -0.3 is 0 Å². The Hall–Kier alpha value is -0.370. The number of halogens is 2. The molecule has 0 aromatic heterocycles.